The maximum absolute atomic E-state index is 12.5. The molecular weight excluding hydrogens is 320 g/mol. The molecule has 0 bridgehead atoms. The minimum atomic E-state index is -0.287. The molecule has 2 fully saturated rings. The average molecular weight is 350 g/mol. The number of aliphatic hydroxyl groups is 1. The smallest absolute Gasteiger partial charge is 0.275 e. The van der Waals surface area contributed by atoms with Crippen molar-refractivity contribution in [3.05, 3.63) is 17.8 Å². The number of hydrogen-bond donors (Lipinski definition) is 1. The molecule has 1 aromatic rings. The lowest BCUT2D eigenvalue weighted by atomic mass is 9.99. The van der Waals surface area contributed by atoms with Crippen LogP contribution in [0.25, 0.3) is 0 Å². The third-order valence-electron chi connectivity index (χ3n) is 5.19. The van der Waals surface area contributed by atoms with Crippen LogP contribution in [0.15, 0.2) is 10.7 Å². The molecule has 1 unspecified atom stereocenters. The van der Waals surface area contributed by atoms with E-state index in [1.54, 1.807) is 0 Å². The normalized spacial score (nSPS) is 22.3. The lowest BCUT2D eigenvalue weighted by Gasteiger charge is -2.34. The van der Waals surface area contributed by atoms with Gasteiger partial charge in [-0.05, 0) is 25.7 Å². The summed E-state index contributed by atoms with van der Waals surface area (Å²) in [5, 5.41) is 9.47. The molecule has 2 saturated heterocycles. The van der Waals surface area contributed by atoms with Gasteiger partial charge in [0.05, 0.1) is 12.6 Å². The summed E-state index contributed by atoms with van der Waals surface area (Å²) in [4.78, 5) is 23.4. The van der Waals surface area contributed by atoms with Crippen LogP contribution in [-0.2, 0) is 6.54 Å². The number of β-amino-alcohol motifs (C(OH)–C–C–N with tert-alkyl or cyclic N) is 1. The van der Waals surface area contributed by atoms with Crippen LogP contribution in [0.2, 0.25) is 0 Å². The number of hydrogen-bond acceptors (Lipinski definition) is 6. The number of aromatic nitrogens is 1. The van der Waals surface area contributed by atoms with Gasteiger partial charge in [-0.2, -0.15) is 0 Å². The molecule has 1 aromatic heterocycles. The van der Waals surface area contributed by atoms with Crippen molar-refractivity contribution in [1.29, 1.82) is 0 Å². The molecule has 7 heteroatoms. The molecule has 1 amide bonds. The van der Waals surface area contributed by atoms with Gasteiger partial charge >= 0.3 is 0 Å². The molecule has 7 nitrogen and oxygen atoms in total. The van der Waals surface area contributed by atoms with Crippen molar-refractivity contribution in [3.8, 4) is 0 Å². The highest BCUT2D eigenvalue weighted by Crippen LogP contribution is 2.18. The fourth-order valence-corrected chi connectivity index (χ4v) is 3.55. The van der Waals surface area contributed by atoms with Crippen LogP contribution in [0.3, 0.4) is 0 Å². The molecule has 3 rings (SSSR count). The van der Waals surface area contributed by atoms with Gasteiger partial charge < -0.3 is 14.4 Å². The quantitative estimate of drug-likeness (QED) is 0.856. The number of oxazole rings is 1. The van der Waals surface area contributed by atoms with E-state index in [1.807, 2.05) is 11.8 Å². The van der Waals surface area contributed by atoms with Gasteiger partial charge in [-0.1, -0.05) is 6.92 Å². The summed E-state index contributed by atoms with van der Waals surface area (Å²) in [6, 6.07) is 0. The topological polar surface area (TPSA) is 73.1 Å². The zero-order chi connectivity index (χ0) is 17.8. The van der Waals surface area contributed by atoms with Gasteiger partial charge in [0.1, 0.15) is 6.26 Å². The standard InChI is InChI=1S/C18H30N4O3/c1-14-3-5-22(6-4-14)18(24)16-13-25-17(19-16)12-21-9-7-20(8-10-21)11-15(2)23/h13-15,23H,3-12H2,1-2H3. The molecule has 0 spiro atoms. The Hall–Kier alpha value is -1.44. The predicted molar refractivity (Wildman–Crippen MR) is 94.2 cm³/mol. The summed E-state index contributed by atoms with van der Waals surface area (Å²) in [6.45, 7) is 10.7. The Kier molecular flexibility index (Phi) is 6.09. The Morgan fingerprint density at radius 1 is 1.24 bits per heavy atom. The SMILES string of the molecule is CC(O)CN1CCN(Cc2nc(C(=O)N3CCC(C)CC3)co2)CC1. The first-order valence-electron chi connectivity index (χ1n) is 9.37. The van der Waals surface area contributed by atoms with Crippen molar-refractivity contribution in [3.63, 3.8) is 0 Å². The number of piperidine rings is 1. The van der Waals surface area contributed by atoms with E-state index in [-0.39, 0.29) is 12.0 Å². The Bertz CT molecular complexity index is 558. The number of piperazine rings is 1. The summed E-state index contributed by atoms with van der Waals surface area (Å²) in [7, 11) is 0. The van der Waals surface area contributed by atoms with Gasteiger partial charge in [-0.15, -0.1) is 0 Å². The summed E-state index contributed by atoms with van der Waals surface area (Å²) in [5.41, 5.74) is 0.428. The largest absolute Gasteiger partial charge is 0.447 e. The first-order chi connectivity index (χ1) is 12.0. The molecular formula is C18H30N4O3. The monoisotopic (exact) mass is 350 g/mol. The number of rotatable bonds is 5. The van der Waals surface area contributed by atoms with Crippen LogP contribution in [0.1, 0.15) is 43.1 Å². The van der Waals surface area contributed by atoms with Crippen molar-refractivity contribution in [2.45, 2.75) is 39.3 Å². The Morgan fingerprint density at radius 3 is 2.52 bits per heavy atom. The molecule has 0 aliphatic carbocycles. The van der Waals surface area contributed by atoms with E-state index in [1.165, 1.54) is 6.26 Å². The molecule has 1 N–H and O–H groups in total. The average Bonchev–Trinajstić information content (AvgIpc) is 3.05. The Morgan fingerprint density at radius 2 is 1.88 bits per heavy atom. The van der Waals surface area contributed by atoms with Crippen LogP contribution in [-0.4, -0.2) is 82.6 Å². The molecule has 25 heavy (non-hydrogen) atoms. The van der Waals surface area contributed by atoms with E-state index in [4.69, 9.17) is 4.42 Å². The van der Waals surface area contributed by atoms with Crippen LogP contribution < -0.4 is 0 Å². The molecule has 2 aliphatic heterocycles. The summed E-state index contributed by atoms with van der Waals surface area (Å²) >= 11 is 0. The molecule has 0 saturated carbocycles. The van der Waals surface area contributed by atoms with Gasteiger partial charge in [0.2, 0.25) is 5.89 Å². The maximum Gasteiger partial charge on any atom is 0.275 e. The van der Waals surface area contributed by atoms with Crippen molar-refractivity contribution in [2.75, 3.05) is 45.8 Å². The minimum Gasteiger partial charge on any atom is -0.447 e. The first-order valence-corrected chi connectivity index (χ1v) is 9.37. The van der Waals surface area contributed by atoms with Gasteiger partial charge in [0, 0.05) is 45.8 Å². The third kappa shape index (κ3) is 5.03. The van der Waals surface area contributed by atoms with Crippen molar-refractivity contribution in [1.82, 2.24) is 19.7 Å². The zero-order valence-corrected chi connectivity index (χ0v) is 15.4. The van der Waals surface area contributed by atoms with E-state index < -0.39 is 0 Å². The van der Waals surface area contributed by atoms with Crippen molar-refractivity contribution < 1.29 is 14.3 Å². The molecule has 140 valence electrons. The van der Waals surface area contributed by atoms with E-state index in [0.29, 0.717) is 24.0 Å². The van der Waals surface area contributed by atoms with Crippen molar-refractivity contribution in [2.24, 2.45) is 5.92 Å². The fourth-order valence-electron chi connectivity index (χ4n) is 3.55. The van der Waals surface area contributed by atoms with Gasteiger partial charge in [-0.25, -0.2) is 4.98 Å². The fraction of sp³-hybridized carbons (Fsp3) is 0.778. The number of carbonyl (C=O) groups excluding carboxylic acids is 1. The summed E-state index contributed by atoms with van der Waals surface area (Å²) in [5.74, 6) is 1.30. The predicted octanol–water partition coefficient (Wildman–Crippen LogP) is 1.05. The van der Waals surface area contributed by atoms with E-state index >= 15 is 0 Å². The van der Waals surface area contributed by atoms with Gasteiger partial charge in [-0.3, -0.25) is 14.6 Å². The Balaban J connectivity index is 1.48. The highest BCUT2D eigenvalue weighted by molar-refractivity contribution is 5.92. The minimum absolute atomic E-state index is 0.0105. The molecule has 0 aromatic carbocycles. The maximum atomic E-state index is 12.5. The van der Waals surface area contributed by atoms with E-state index in [0.717, 1.165) is 58.7 Å². The van der Waals surface area contributed by atoms with E-state index in [9.17, 15) is 9.90 Å². The second kappa shape index (κ2) is 8.29. The summed E-state index contributed by atoms with van der Waals surface area (Å²) < 4.78 is 5.54. The second-order valence-corrected chi connectivity index (χ2v) is 7.53. The molecule has 0 radical (unpaired) electrons. The van der Waals surface area contributed by atoms with Gasteiger partial charge in [0.15, 0.2) is 5.69 Å². The highest BCUT2D eigenvalue weighted by atomic mass is 16.3. The number of amides is 1. The Labute approximate surface area is 149 Å². The lowest BCUT2D eigenvalue weighted by Crippen LogP contribution is -2.47. The molecule has 2 aliphatic rings. The van der Waals surface area contributed by atoms with Crippen LogP contribution >= 0.6 is 0 Å². The van der Waals surface area contributed by atoms with Crippen LogP contribution in [0, 0.1) is 5.92 Å². The third-order valence-corrected chi connectivity index (χ3v) is 5.19. The van der Waals surface area contributed by atoms with Crippen molar-refractivity contribution >= 4 is 5.91 Å². The number of likely N-dealkylation sites (tertiary alicyclic amines) is 1. The number of nitrogens with zero attached hydrogens (tertiary/aromatic N) is 4. The number of aliphatic hydroxyl groups excluding tert-OH is 1. The lowest BCUT2D eigenvalue weighted by molar-refractivity contribution is 0.0691. The number of carbonyl (C=O) groups is 1. The summed E-state index contributed by atoms with van der Waals surface area (Å²) in [6.07, 6.45) is 3.34. The van der Waals surface area contributed by atoms with Crippen LogP contribution in [0.5, 0.6) is 0 Å². The second-order valence-electron chi connectivity index (χ2n) is 7.53. The molecule has 3 heterocycles. The van der Waals surface area contributed by atoms with Crippen LogP contribution in [0.4, 0.5) is 0 Å². The first kappa shape index (κ1) is 18.4. The molecule has 1 atom stereocenters. The van der Waals surface area contributed by atoms with Gasteiger partial charge in [0.25, 0.3) is 5.91 Å². The van der Waals surface area contributed by atoms with E-state index in [2.05, 4.69) is 21.7 Å². The zero-order valence-electron chi connectivity index (χ0n) is 15.4. The highest BCUT2D eigenvalue weighted by Gasteiger charge is 2.25.